The summed E-state index contributed by atoms with van der Waals surface area (Å²) in [5.41, 5.74) is 3.03. The molecule has 0 aliphatic heterocycles. The third-order valence-electron chi connectivity index (χ3n) is 1.23. The topological polar surface area (TPSA) is 38.3 Å². The number of benzene rings is 1. The van der Waals surface area contributed by atoms with Crippen LogP contribution in [0.25, 0.3) is 0 Å². The van der Waals surface area contributed by atoms with Gasteiger partial charge in [0.05, 0.1) is 10.1 Å². The molecule has 0 fully saturated rings. The molecule has 1 N–H and O–H groups in total. The van der Waals surface area contributed by atoms with Crippen LogP contribution in [-0.2, 0) is 4.84 Å². The Labute approximate surface area is 84.2 Å². The Morgan fingerprint density at radius 2 is 2.08 bits per heavy atom. The molecule has 1 aromatic rings. The molecule has 0 radical (unpaired) electrons. The van der Waals surface area contributed by atoms with Crippen molar-refractivity contribution >= 4 is 28.6 Å². The third kappa shape index (κ3) is 2.78. The molecule has 3 nitrogen and oxygen atoms in total. The summed E-state index contributed by atoms with van der Waals surface area (Å²) in [5, 5.41) is 0. The molecule has 1 aromatic carbocycles. The van der Waals surface area contributed by atoms with Crippen molar-refractivity contribution in [1.29, 1.82) is 0 Å². The summed E-state index contributed by atoms with van der Waals surface area (Å²) in [6, 6.07) is 8.85. The summed E-state index contributed by atoms with van der Waals surface area (Å²) < 4.78 is 0.580. The summed E-state index contributed by atoms with van der Waals surface area (Å²) >= 11 is 2.05. The number of carbonyl (C=O) groups excluding carboxylic acids is 1. The summed E-state index contributed by atoms with van der Waals surface area (Å²) in [6.07, 6.45) is 0. The lowest BCUT2D eigenvalue weighted by Gasteiger charge is -2.01. The van der Waals surface area contributed by atoms with Gasteiger partial charge in [0.2, 0.25) is 0 Å². The van der Waals surface area contributed by atoms with Gasteiger partial charge in [-0.1, -0.05) is 40.8 Å². The molecular formula is C8H8INO2. The molecule has 12 heavy (non-hydrogen) atoms. The van der Waals surface area contributed by atoms with E-state index in [9.17, 15) is 4.79 Å². The van der Waals surface area contributed by atoms with E-state index in [0.29, 0.717) is 10.1 Å². The second-order valence-corrected chi connectivity index (χ2v) is 2.80. The van der Waals surface area contributed by atoms with E-state index in [2.05, 4.69) is 32.9 Å². The molecule has 0 aliphatic carbocycles. The van der Waals surface area contributed by atoms with Gasteiger partial charge in [0.1, 0.15) is 0 Å². The van der Waals surface area contributed by atoms with Crippen molar-refractivity contribution < 1.29 is 9.63 Å². The van der Waals surface area contributed by atoms with Gasteiger partial charge in [-0.3, -0.25) is 0 Å². The van der Waals surface area contributed by atoms with Crippen LogP contribution in [0.1, 0.15) is 10.4 Å². The molecule has 64 valence electrons. The van der Waals surface area contributed by atoms with E-state index < -0.39 is 0 Å². The molecular weight excluding hydrogens is 269 g/mol. The number of nitrogens with one attached hydrogen (secondary N) is 1. The van der Waals surface area contributed by atoms with Gasteiger partial charge in [-0.2, -0.15) is 0 Å². The number of hydroxylamine groups is 1. The van der Waals surface area contributed by atoms with E-state index in [-0.39, 0.29) is 5.97 Å². The predicted molar refractivity (Wildman–Crippen MR) is 53.9 cm³/mol. The first-order valence-corrected chi connectivity index (χ1v) is 4.92. The second kappa shape index (κ2) is 5.10. The predicted octanol–water partition coefficient (Wildman–Crippen LogP) is 1.74. The van der Waals surface area contributed by atoms with Crippen LogP contribution in [0.15, 0.2) is 30.3 Å². The van der Waals surface area contributed by atoms with Crippen LogP contribution in [0.4, 0.5) is 0 Å². The minimum Gasteiger partial charge on any atom is -0.366 e. The quantitative estimate of drug-likeness (QED) is 0.396. The molecule has 0 saturated carbocycles. The fourth-order valence-electron chi connectivity index (χ4n) is 0.726. The van der Waals surface area contributed by atoms with E-state index in [4.69, 9.17) is 0 Å². The molecule has 0 unspecified atom stereocenters. The Morgan fingerprint density at radius 1 is 1.42 bits per heavy atom. The minimum absolute atomic E-state index is 0.354. The first kappa shape index (κ1) is 9.47. The highest BCUT2D eigenvalue weighted by Crippen LogP contribution is 1.99. The van der Waals surface area contributed by atoms with Crippen molar-refractivity contribution in [2.45, 2.75) is 0 Å². The highest BCUT2D eigenvalue weighted by atomic mass is 127. The third-order valence-corrected chi connectivity index (χ3v) is 1.54. The van der Waals surface area contributed by atoms with E-state index >= 15 is 0 Å². The lowest BCUT2D eigenvalue weighted by Crippen LogP contribution is -2.17. The highest BCUT2D eigenvalue weighted by molar-refractivity contribution is 14.1. The number of halogens is 1. The van der Waals surface area contributed by atoms with Gasteiger partial charge >= 0.3 is 5.97 Å². The molecule has 0 atom stereocenters. The maximum Gasteiger partial charge on any atom is 0.356 e. The largest absolute Gasteiger partial charge is 0.366 e. The maximum absolute atomic E-state index is 11.1. The van der Waals surface area contributed by atoms with Crippen molar-refractivity contribution in [3.05, 3.63) is 35.9 Å². The Kier molecular flexibility index (Phi) is 4.02. The van der Waals surface area contributed by atoms with Gasteiger partial charge in [-0.15, -0.1) is 5.48 Å². The zero-order valence-corrected chi connectivity index (χ0v) is 8.45. The summed E-state index contributed by atoms with van der Waals surface area (Å²) in [7, 11) is 0. The minimum atomic E-state index is -0.354. The molecule has 0 amide bonds. The molecule has 0 saturated heterocycles. The van der Waals surface area contributed by atoms with Gasteiger partial charge in [0, 0.05) is 0 Å². The smallest absolute Gasteiger partial charge is 0.356 e. The second-order valence-electron chi connectivity index (χ2n) is 2.03. The molecule has 0 bridgehead atoms. The fraction of sp³-hybridized carbons (Fsp3) is 0.125. The molecule has 1 rings (SSSR count). The van der Waals surface area contributed by atoms with Gasteiger partial charge in [-0.05, 0) is 12.1 Å². The van der Waals surface area contributed by atoms with Crippen molar-refractivity contribution in [1.82, 2.24) is 5.48 Å². The van der Waals surface area contributed by atoms with E-state index in [0.717, 1.165) is 0 Å². The lowest BCUT2D eigenvalue weighted by atomic mass is 10.2. The van der Waals surface area contributed by atoms with E-state index in [1.165, 1.54) is 0 Å². The van der Waals surface area contributed by atoms with Crippen LogP contribution in [0.2, 0.25) is 0 Å². The molecule has 0 spiro atoms. The first-order chi connectivity index (χ1) is 5.84. The Bertz CT molecular complexity index is 250. The van der Waals surface area contributed by atoms with Crippen LogP contribution < -0.4 is 5.48 Å². The number of hydrogen-bond donors (Lipinski definition) is 1. The van der Waals surface area contributed by atoms with Crippen LogP contribution in [0, 0.1) is 0 Å². The van der Waals surface area contributed by atoms with Crippen molar-refractivity contribution in [2.24, 2.45) is 0 Å². The molecule has 0 aromatic heterocycles. The van der Waals surface area contributed by atoms with Gasteiger partial charge in [0.15, 0.2) is 0 Å². The van der Waals surface area contributed by atoms with Crippen molar-refractivity contribution in [2.75, 3.05) is 4.55 Å². The Balaban J connectivity index is 2.54. The Morgan fingerprint density at radius 3 is 2.67 bits per heavy atom. The zero-order chi connectivity index (χ0) is 8.81. The van der Waals surface area contributed by atoms with Gasteiger partial charge < -0.3 is 4.84 Å². The van der Waals surface area contributed by atoms with Crippen molar-refractivity contribution in [3.63, 3.8) is 0 Å². The summed E-state index contributed by atoms with van der Waals surface area (Å²) in [6.45, 7) is 0. The fourth-order valence-corrected chi connectivity index (χ4v) is 0.882. The van der Waals surface area contributed by atoms with E-state index in [1.807, 2.05) is 6.07 Å². The SMILES string of the molecule is O=C(ONCI)c1ccccc1. The zero-order valence-electron chi connectivity index (χ0n) is 6.29. The van der Waals surface area contributed by atoms with Crippen LogP contribution >= 0.6 is 22.6 Å². The number of carbonyl (C=O) groups is 1. The van der Waals surface area contributed by atoms with Gasteiger partial charge in [-0.25, -0.2) is 4.79 Å². The molecule has 0 heterocycles. The monoisotopic (exact) mass is 277 g/mol. The van der Waals surface area contributed by atoms with E-state index in [1.54, 1.807) is 24.3 Å². The maximum atomic E-state index is 11.1. The average molecular weight is 277 g/mol. The number of rotatable bonds is 3. The summed E-state index contributed by atoms with van der Waals surface area (Å²) in [5.74, 6) is -0.354. The van der Waals surface area contributed by atoms with Crippen LogP contribution in [-0.4, -0.2) is 10.5 Å². The standard InChI is InChI=1S/C8H8INO2/c9-6-10-12-8(11)7-4-2-1-3-5-7/h1-5,10H,6H2. The summed E-state index contributed by atoms with van der Waals surface area (Å²) in [4.78, 5) is 15.8. The van der Waals surface area contributed by atoms with Crippen LogP contribution in [0.5, 0.6) is 0 Å². The number of hydrogen-bond acceptors (Lipinski definition) is 3. The molecule has 0 aliphatic rings. The molecule has 4 heteroatoms. The normalized spacial score (nSPS) is 9.42. The Hall–Kier alpha value is -0.620. The average Bonchev–Trinajstić information content (AvgIpc) is 2.15. The van der Waals surface area contributed by atoms with Crippen molar-refractivity contribution in [3.8, 4) is 0 Å². The highest BCUT2D eigenvalue weighted by Gasteiger charge is 2.04. The van der Waals surface area contributed by atoms with Crippen LogP contribution in [0.3, 0.4) is 0 Å². The number of alkyl halides is 1. The van der Waals surface area contributed by atoms with Gasteiger partial charge in [0.25, 0.3) is 0 Å². The lowest BCUT2D eigenvalue weighted by molar-refractivity contribution is 0.0303. The first-order valence-electron chi connectivity index (χ1n) is 3.39.